The minimum Gasteiger partial charge on any atom is -0.494 e. The van der Waals surface area contributed by atoms with Gasteiger partial charge < -0.3 is 28.7 Å². The largest absolute Gasteiger partial charge is 0.494 e. The van der Waals surface area contributed by atoms with Gasteiger partial charge in [-0.25, -0.2) is 9.59 Å². The van der Waals surface area contributed by atoms with Crippen molar-refractivity contribution >= 4 is 23.8 Å². The van der Waals surface area contributed by atoms with Gasteiger partial charge in [0, 0.05) is 26.9 Å². The molecule has 0 radical (unpaired) electrons. The normalized spacial score (nSPS) is 17.4. The van der Waals surface area contributed by atoms with Crippen LogP contribution in [0.5, 0.6) is 11.5 Å². The van der Waals surface area contributed by atoms with Crippen molar-refractivity contribution in [2.45, 2.75) is 128 Å². The number of carbonyl (C=O) groups excluding carboxylic acids is 4. The van der Waals surface area contributed by atoms with Crippen molar-refractivity contribution in [2.75, 3.05) is 26.3 Å². The molecular formula is C52H64N2O8. The minimum absolute atomic E-state index is 0.0973. The third kappa shape index (κ3) is 13.9. The summed E-state index contributed by atoms with van der Waals surface area (Å²) in [5.74, 6) is 0.583. The average molecular weight is 845 g/mol. The van der Waals surface area contributed by atoms with Crippen molar-refractivity contribution in [1.29, 1.82) is 0 Å². The number of likely N-dealkylation sites (tertiary alicyclic amines) is 2. The fraction of sp³-hybridized carbons (Fsp3) is 0.462. The molecule has 2 aliphatic rings. The molecule has 0 spiro atoms. The average Bonchev–Trinajstić information content (AvgIpc) is 3.30. The lowest BCUT2D eigenvalue weighted by Gasteiger charge is -2.34. The molecule has 2 aliphatic heterocycles. The quantitative estimate of drug-likeness (QED) is 0.0602. The summed E-state index contributed by atoms with van der Waals surface area (Å²) in [6.07, 6.45) is 10.3. The van der Waals surface area contributed by atoms with E-state index in [2.05, 4.69) is 24.3 Å². The predicted octanol–water partition coefficient (Wildman–Crippen LogP) is 9.94. The Morgan fingerprint density at radius 3 is 1.35 bits per heavy atom. The molecule has 6 rings (SSSR count). The van der Waals surface area contributed by atoms with E-state index < -0.39 is 24.3 Å². The zero-order chi connectivity index (χ0) is 43.5. The van der Waals surface area contributed by atoms with Crippen LogP contribution in [0, 0.1) is 0 Å². The first kappa shape index (κ1) is 45.9. The molecule has 10 heteroatoms. The van der Waals surface area contributed by atoms with E-state index in [1.165, 1.54) is 25.0 Å². The molecule has 330 valence electrons. The summed E-state index contributed by atoms with van der Waals surface area (Å²) in [5.41, 5.74) is 4.09. The maximum absolute atomic E-state index is 13.5. The number of nitrogens with zero attached hydrogens (tertiary/aromatic N) is 2. The first-order valence-electron chi connectivity index (χ1n) is 22.7. The molecule has 2 heterocycles. The van der Waals surface area contributed by atoms with Crippen molar-refractivity contribution in [2.24, 2.45) is 0 Å². The molecule has 62 heavy (non-hydrogen) atoms. The Bertz CT molecular complexity index is 1880. The molecule has 4 aromatic rings. The van der Waals surface area contributed by atoms with Crippen molar-refractivity contribution < 1.29 is 38.1 Å². The van der Waals surface area contributed by atoms with Crippen LogP contribution >= 0.6 is 0 Å². The molecule has 0 aromatic heterocycles. The fourth-order valence-electron chi connectivity index (χ4n) is 8.56. The number of unbranched alkanes of at least 4 members (excludes halogenated alkanes) is 3. The number of hydrogen-bond acceptors (Lipinski definition) is 8. The van der Waals surface area contributed by atoms with Gasteiger partial charge in [-0.2, -0.15) is 0 Å². The van der Waals surface area contributed by atoms with Gasteiger partial charge in [0.25, 0.3) is 0 Å². The van der Waals surface area contributed by atoms with Crippen LogP contribution in [0.4, 0.5) is 0 Å². The number of amides is 2. The number of piperidine rings is 2. The zero-order valence-electron chi connectivity index (χ0n) is 36.6. The Morgan fingerprint density at radius 1 is 0.532 bits per heavy atom. The van der Waals surface area contributed by atoms with E-state index >= 15 is 0 Å². The first-order chi connectivity index (χ1) is 30.2. The second-order valence-corrected chi connectivity index (χ2v) is 16.6. The van der Waals surface area contributed by atoms with Gasteiger partial charge in [0.1, 0.15) is 35.8 Å². The fourth-order valence-corrected chi connectivity index (χ4v) is 8.56. The molecular weight excluding hydrogens is 781 g/mol. The lowest BCUT2D eigenvalue weighted by molar-refractivity contribution is -0.162. The van der Waals surface area contributed by atoms with E-state index in [-0.39, 0.29) is 23.8 Å². The van der Waals surface area contributed by atoms with Crippen molar-refractivity contribution in [3.8, 4) is 11.5 Å². The predicted molar refractivity (Wildman–Crippen MR) is 240 cm³/mol. The maximum Gasteiger partial charge on any atom is 0.329 e. The second-order valence-electron chi connectivity index (χ2n) is 16.6. The summed E-state index contributed by atoms with van der Waals surface area (Å²) in [7, 11) is 0. The van der Waals surface area contributed by atoms with Crippen LogP contribution in [0.3, 0.4) is 0 Å². The number of hydrogen-bond donors (Lipinski definition) is 0. The number of carbonyl (C=O) groups is 4. The van der Waals surface area contributed by atoms with E-state index in [1.54, 1.807) is 9.80 Å². The lowest BCUT2D eigenvalue weighted by atomic mass is 9.99. The molecule has 0 bridgehead atoms. The SMILES string of the molecule is CC(=O)N1CCCCC1C(=O)O[C@H](CCc1ccccc1)c1cccc(OCCCCCCOc2cccc([C@@H](CCc3ccccc3)OC(=O)C3CCCCN3C(C)=O)c2)c1. The van der Waals surface area contributed by atoms with Gasteiger partial charge in [0.15, 0.2) is 0 Å². The van der Waals surface area contributed by atoms with Gasteiger partial charge >= 0.3 is 11.9 Å². The summed E-state index contributed by atoms with van der Waals surface area (Å²) < 4.78 is 24.8. The molecule has 2 fully saturated rings. The lowest BCUT2D eigenvalue weighted by Crippen LogP contribution is -2.48. The highest BCUT2D eigenvalue weighted by Crippen LogP contribution is 2.31. The minimum atomic E-state index is -0.553. The number of benzene rings is 4. The van der Waals surface area contributed by atoms with E-state index in [0.717, 1.165) is 86.8 Å². The smallest absolute Gasteiger partial charge is 0.329 e. The molecule has 2 amide bonds. The summed E-state index contributed by atoms with van der Waals surface area (Å²) in [6.45, 7) is 5.31. The molecule has 0 N–H and O–H groups in total. The van der Waals surface area contributed by atoms with Crippen molar-refractivity contribution in [3.63, 3.8) is 0 Å². The number of esters is 2. The first-order valence-corrected chi connectivity index (χ1v) is 22.7. The molecule has 4 atom stereocenters. The number of rotatable bonds is 21. The van der Waals surface area contributed by atoms with E-state index in [1.807, 2.05) is 84.9 Å². The maximum atomic E-state index is 13.5. The van der Waals surface area contributed by atoms with E-state index in [4.69, 9.17) is 18.9 Å². The Labute approximate surface area is 367 Å². The van der Waals surface area contributed by atoms with Gasteiger partial charge in [-0.15, -0.1) is 0 Å². The molecule has 10 nitrogen and oxygen atoms in total. The number of ether oxygens (including phenoxy) is 4. The molecule has 4 aromatic carbocycles. The highest BCUT2D eigenvalue weighted by Gasteiger charge is 2.35. The van der Waals surface area contributed by atoms with Gasteiger partial charge in [0.05, 0.1) is 13.2 Å². The van der Waals surface area contributed by atoms with Crippen LogP contribution in [0.2, 0.25) is 0 Å². The Morgan fingerprint density at radius 2 is 0.952 bits per heavy atom. The van der Waals surface area contributed by atoms with Gasteiger partial charge in [0.2, 0.25) is 11.8 Å². The molecule has 0 aliphatic carbocycles. The summed E-state index contributed by atoms with van der Waals surface area (Å²) in [6, 6.07) is 34.9. The van der Waals surface area contributed by atoms with Crippen LogP contribution in [0.15, 0.2) is 109 Å². The molecule has 2 saturated heterocycles. The third-order valence-corrected chi connectivity index (χ3v) is 12.0. The topological polar surface area (TPSA) is 112 Å². The van der Waals surface area contributed by atoms with Crippen LogP contribution in [0.25, 0.3) is 0 Å². The summed E-state index contributed by atoms with van der Waals surface area (Å²) in [5, 5.41) is 0. The molecule has 0 saturated carbocycles. The monoisotopic (exact) mass is 844 g/mol. The van der Waals surface area contributed by atoms with Crippen LogP contribution in [0.1, 0.15) is 125 Å². The standard InChI is InChI=1S/C52H64N2O8/c1-39(55)53-33-13-11-27-47(53)51(57)61-49(31-29-41-19-7-5-8-20-41)43-23-17-25-45(37-43)59-35-15-3-4-16-36-60-46-26-18-24-44(38-46)50(32-30-42-21-9-6-10-22-42)62-52(58)48-28-12-14-34-54(48)40(2)56/h5-10,17-26,37-38,47-50H,3-4,11-16,27-36H2,1-2H3/t47?,48?,49-,50-/m1/s1. The zero-order valence-corrected chi connectivity index (χ0v) is 36.6. The molecule has 2 unspecified atom stereocenters. The second kappa shape index (κ2) is 24.1. The Kier molecular flexibility index (Phi) is 17.8. The Balaban J connectivity index is 0.972. The third-order valence-electron chi connectivity index (χ3n) is 12.0. The summed E-state index contributed by atoms with van der Waals surface area (Å²) in [4.78, 5) is 55.0. The van der Waals surface area contributed by atoms with Crippen molar-refractivity contribution in [1.82, 2.24) is 9.80 Å². The van der Waals surface area contributed by atoms with Crippen LogP contribution < -0.4 is 9.47 Å². The highest BCUT2D eigenvalue weighted by molar-refractivity contribution is 5.84. The summed E-state index contributed by atoms with van der Waals surface area (Å²) >= 11 is 0. The van der Waals surface area contributed by atoms with Gasteiger partial charge in [-0.1, -0.05) is 84.9 Å². The highest BCUT2D eigenvalue weighted by atomic mass is 16.6. The van der Waals surface area contributed by atoms with Gasteiger partial charge in [-0.05, 0) is 136 Å². The van der Waals surface area contributed by atoms with Crippen LogP contribution in [-0.2, 0) is 41.5 Å². The van der Waals surface area contributed by atoms with E-state index in [9.17, 15) is 19.2 Å². The van der Waals surface area contributed by atoms with E-state index in [0.29, 0.717) is 52.0 Å². The van der Waals surface area contributed by atoms with Crippen molar-refractivity contribution in [3.05, 3.63) is 131 Å². The Hall–Kier alpha value is -5.64. The number of aryl methyl sites for hydroxylation is 2. The van der Waals surface area contributed by atoms with Gasteiger partial charge in [-0.3, -0.25) is 9.59 Å². The van der Waals surface area contributed by atoms with Crippen LogP contribution in [-0.4, -0.2) is 71.9 Å².